The number of halogens is 1. The van der Waals surface area contributed by atoms with Gasteiger partial charge >= 0.3 is 0 Å². The van der Waals surface area contributed by atoms with Crippen LogP contribution in [0, 0.1) is 0 Å². The van der Waals surface area contributed by atoms with Gasteiger partial charge in [0.1, 0.15) is 0 Å². The fourth-order valence-electron chi connectivity index (χ4n) is 1.98. The highest BCUT2D eigenvalue weighted by atomic mass is 35.5. The minimum atomic E-state index is 0.271. The van der Waals surface area contributed by atoms with Crippen LogP contribution in [-0.2, 0) is 4.74 Å². The molecule has 2 nitrogen and oxygen atoms in total. The maximum Gasteiger partial charge on any atom is 0.0931 e. The van der Waals surface area contributed by atoms with Crippen LogP contribution in [0.1, 0.15) is 37.1 Å². The third-order valence-corrected chi connectivity index (χ3v) is 4.11. The van der Waals surface area contributed by atoms with Crippen molar-refractivity contribution in [1.82, 2.24) is 5.32 Å². The Labute approximate surface area is 112 Å². The molecule has 94 valence electrons. The Hall–Kier alpha value is -0.510. The first-order chi connectivity index (χ1) is 8.31. The second-order valence-corrected chi connectivity index (χ2v) is 5.94. The average Bonchev–Trinajstić information content (AvgIpc) is 2.78. The van der Waals surface area contributed by atoms with Crippen LogP contribution in [0.2, 0.25) is 4.34 Å². The molecule has 1 aliphatic heterocycles. The van der Waals surface area contributed by atoms with Crippen LogP contribution in [0.25, 0.3) is 0 Å². The highest BCUT2D eigenvalue weighted by Gasteiger charge is 2.19. The molecular weight excluding hydrogens is 254 g/mol. The number of rotatable bonds is 5. The number of ether oxygens (including phenoxy) is 1. The standard InChI is InChI=1S/C13H18ClNOS/c1-2-7-15-13(10-4-3-8-16-9-10)11-5-6-12(14)17-11/h5-6,9,13,15H,2-4,7-8H2,1H3. The van der Waals surface area contributed by atoms with E-state index in [1.807, 2.05) is 12.3 Å². The van der Waals surface area contributed by atoms with E-state index in [0.29, 0.717) is 0 Å². The fraction of sp³-hybridized carbons (Fsp3) is 0.538. The van der Waals surface area contributed by atoms with Gasteiger partial charge in [-0.05, 0) is 43.5 Å². The Bertz CT molecular complexity index is 389. The van der Waals surface area contributed by atoms with Gasteiger partial charge in [0.15, 0.2) is 0 Å². The summed E-state index contributed by atoms with van der Waals surface area (Å²) in [6.07, 6.45) is 5.26. The van der Waals surface area contributed by atoms with E-state index >= 15 is 0 Å². The summed E-state index contributed by atoms with van der Waals surface area (Å²) in [6, 6.07) is 4.34. The van der Waals surface area contributed by atoms with Crippen molar-refractivity contribution in [3.63, 3.8) is 0 Å². The topological polar surface area (TPSA) is 21.3 Å². The highest BCUT2D eigenvalue weighted by molar-refractivity contribution is 7.16. The summed E-state index contributed by atoms with van der Waals surface area (Å²) in [4.78, 5) is 1.28. The first kappa shape index (κ1) is 12.9. The molecule has 0 aliphatic carbocycles. The third-order valence-electron chi connectivity index (χ3n) is 2.81. The molecule has 17 heavy (non-hydrogen) atoms. The molecule has 0 fully saturated rings. The van der Waals surface area contributed by atoms with Crippen molar-refractivity contribution in [3.05, 3.63) is 33.2 Å². The van der Waals surface area contributed by atoms with Gasteiger partial charge in [0.25, 0.3) is 0 Å². The molecule has 4 heteroatoms. The van der Waals surface area contributed by atoms with Crippen molar-refractivity contribution in [2.24, 2.45) is 0 Å². The third kappa shape index (κ3) is 3.47. The minimum absolute atomic E-state index is 0.271. The Morgan fingerprint density at radius 1 is 1.53 bits per heavy atom. The van der Waals surface area contributed by atoms with E-state index in [0.717, 1.165) is 36.8 Å². The Morgan fingerprint density at radius 2 is 2.41 bits per heavy atom. The Balaban J connectivity index is 2.15. The lowest BCUT2D eigenvalue weighted by atomic mass is 10.0. The molecular formula is C13H18ClNOS. The molecule has 1 N–H and O–H groups in total. The monoisotopic (exact) mass is 271 g/mol. The van der Waals surface area contributed by atoms with Gasteiger partial charge in [0.05, 0.1) is 23.2 Å². The Morgan fingerprint density at radius 3 is 3.00 bits per heavy atom. The lowest BCUT2D eigenvalue weighted by Crippen LogP contribution is -2.24. The van der Waals surface area contributed by atoms with Gasteiger partial charge in [-0.25, -0.2) is 0 Å². The second-order valence-electron chi connectivity index (χ2n) is 4.20. The molecule has 0 amide bonds. The van der Waals surface area contributed by atoms with Gasteiger partial charge in [-0.3, -0.25) is 0 Å². The van der Waals surface area contributed by atoms with Crippen LogP contribution >= 0.6 is 22.9 Å². The maximum absolute atomic E-state index is 6.02. The van der Waals surface area contributed by atoms with Gasteiger partial charge in [0.2, 0.25) is 0 Å². The normalized spacial score (nSPS) is 17.4. The number of thiophene rings is 1. The molecule has 1 atom stereocenters. The van der Waals surface area contributed by atoms with Crippen LogP contribution in [0.15, 0.2) is 24.0 Å². The zero-order chi connectivity index (χ0) is 12.1. The number of nitrogens with one attached hydrogen (secondary N) is 1. The predicted molar refractivity (Wildman–Crippen MR) is 73.6 cm³/mol. The summed E-state index contributed by atoms with van der Waals surface area (Å²) >= 11 is 7.66. The van der Waals surface area contributed by atoms with Gasteiger partial charge in [-0.15, -0.1) is 11.3 Å². The lowest BCUT2D eigenvalue weighted by molar-refractivity contribution is 0.219. The number of hydrogen-bond donors (Lipinski definition) is 1. The van der Waals surface area contributed by atoms with Crippen LogP contribution < -0.4 is 5.32 Å². The molecule has 1 aliphatic rings. The van der Waals surface area contributed by atoms with E-state index in [1.54, 1.807) is 11.3 Å². The van der Waals surface area contributed by atoms with Crippen LogP contribution in [0.5, 0.6) is 0 Å². The summed E-state index contributed by atoms with van der Waals surface area (Å²) in [6.45, 7) is 4.03. The van der Waals surface area contributed by atoms with E-state index in [4.69, 9.17) is 16.3 Å². The molecule has 0 spiro atoms. The molecule has 0 saturated carbocycles. The summed E-state index contributed by atoms with van der Waals surface area (Å²) in [5, 5.41) is 3.57. The fourth-order valence-corrected chi connectivity index (χ4v) is 3.16. The van der Waals surface area contributed by atoms with Crippen molar-refractivity contribution in [2.45, 2.75) is 32.2 Å². The van der Waals surface area contributed by atoms with Gasteiger partial charge < -0.3 is 10.1 Å². The molecule has 0 saturated heterocycles. The van der Waals surface area contributed by atoms with E-state index in [2.05, 4.69) is 18.3 Å². The zero-order valence-corrected chi connectivity index (χ0v) is 11.6. The maximum atomic E-state index is 6.02. The first-order valence-corrected chi connectivity index (χ1v) is 7.30. The number of hydrogen-bond acceptors (Lipinski definition) is 3. The summed E-state index contributed by atoms with van der Waals surface area (Å²) in [5.74, 6) is 0. The van der Waals surface area contributed by atoms with E-state index < -0.39 is 0 Å². The summed E-state index contributed by atoms with van der Waals surface area (Å²) in [5.41, 5.74) is 1.34. The molecule has 1 aromatic heterocycles. The minimum Gasteiger partial charge on any atom is -0.501 e. The summed E-state index contributed by atoms with van der Waals surface area (Å²) in [7, 11) is 0. The van der Waals surface area contributed by atoms with Crippen molar-refractivity contribution < 1.29 is 4.74 Å². The summed E-state index contributed by atoms with van der Waals surface area (Å²) < 4.78 is 6.29. The second kappa shape index (κ2) is 6.43. The Kier molecular flexibility index (Phi) is 4.89. The predicted octanol–water partition coefficient (Wildman–Crippen LogP) is 4.14. The van der Waals surface area contributed by atoms with Crippen molar-refractivity contribution >= 4 is 22.9 Å². The van der Waals surface area contributed by atoms with Crippen molar-refractivity contribution in [1.29, 1.82) is 0 Å². The first-order valence-electron chi connectivity index (χ1n) is 6.10. The van der Waals surface area contributed by atoms with Crippen molar-refractivity contribution in [3.8, 4) is 0 Å². The molecule has 2 heterocycles. The lowest BCUT2D eigenvalue weighted by Gasteiger charge is -2.23. The quantitative estimate of drug-likeness (QED) is 0.869. The van der Waals surface area contributed by atoms with E-state index in [9.17, 15) is 0 Å². The molecule has 1 aromatic rings. The van der Waals surface area contributed by atoms with E-state index in [-0.39, 0.29) is 6.04 Å². The SMILES string of the molecule is CCCNC(C1=COCCC1)c1ccc(Cl)s1. The van der Waals surface area contributed by atoms with E-state index in [1.165, 1.54) is 10.5 Å². The molecule has 2 rings (SSSR count). The van der Waals surface area contributed by atoms with Crippen LogP contribution in [0.4, 0.5) is 0 Å². The van der Waals surface area contributed by atoms with Crippen molar-refractivity contribution in [2.75, 3.05) is 13.2 Å². The van der Waals surface area contributed by atoms with Gasteiger partial charge in [-0.2, -0.15) is 0 Å². The molecule has 0 aromatic carbocycles. The van der Waals surface area contributed by atoms with Crippen LogP contribution in [-0.4, -0.2) is 13.2 Å². The molecule has 0 bridgehead atoms. The van der Waals surface area contributed by atoms with Gasteiger partial charge in [-0.1, -0.05) is 18.5 Å². The molecule has 1 unspecified atom stereocenters. The smallest absolute Gasteiger partial charge is 0.0931 e. The largest absolute Gasteiger partial charge is 0.501 e. The van der Waals surface area contributed by atoms with Gasteiger partial charge in [0, 0.05) is 4.88 Å². The van der Waals surface area contributed by atoms with Crippen LogP contribution in [0.3, 0.4) is 0 Å². The molecule has 0 radical (unpaired) electrons. The zero-order valence-electron chi connectivity index (χ0n) is 10.0. The highest BCUT2D eigenvalue weighted by Crippen LogP contribution is 2.33. The average molecular weight is 272 g/mol.